The highest BCUT2D eigenvalue weighted by Gasteiger charge is 2.11. The van der Waals surface area contributed by atoms with Crippen LogP contribution in [0.5, 0.6) is 0 Å². The fraction of sp³-hybridized carbons (Fsp3) is 0.300. The van der Waals surface area contributed by atoms with Crippen LogP contribution in [0.2, 0.25) is 5.22 Å². The maximum Gasteiger partial charge on any atom is 0.201 e. The molecule has 0 atom stereocenters. The van der Waals surface area contributed by atoms with Gasteiger partial charge in [0, 0.05) is 5.57 Å². The van der Waals surface area contributed by atoms with Crippen LogP contribution in [-0.2, 0) is 0 Å². The average Bonchev–Trinajstić information content (AvgIpc) is 2.59. The minimum Gasteiger partial charge on any atom is -0.452 e. The number of nitriles is 1. The summed E-state index contributed by atoms with van der Waals surface area (Å²) in [6.07, 6.45) is 2.96. The topological polar surface area (TPSA) is 36.9 Å². The van der Waals surface area contributed by atoms with Gasteiger partial charge in [-0.05, 0) is 24.1 Å². The van der Waals surface area contributed by atoms with Gasteiger partial charge in [0.1, 0.15) is 0 Å². The number of allylic oxidation sites excluding steroid dienone is 1. The zero-order valence-corrected chi connectivity index (χ0v) is 9.19. The van der Waals surface area contributed by atoms with Crippen molar-refractivity contribution in [3.8, 4) is 6.07 Å². The molecule has 2 nitrogen and oxygen atoms in total. The van der Waals surface area contributed by atoms with Crippen LogP contribution in [-0.4, -0.2) is 0 Å². The molecule has 1 aromatic rings. The Balaban J connectivity index is 3.09. The SMILES string of the molecule is CCC/C(C#N)=C(/Cl)c1ccoc1Cl. The first-order chi connectivity index (χ1) is 6.70. The first kappa shape index (κ1) is 11.2. The van der Waals surface area contributed by atoms with Crippen molar-refractivity contribution in [1.29, 1.82) is 5.26 Å². The van der Waals surface area contributed by atoms with E-state index in [1.165, 1.54) is 6.26 Å². The summed E-state index contributed by atoms with van der Waals surface area (Å²) in [6.45, 7) is 1.98. The third-order valence-corrected chi connectivity index (χ3v) is 2.48. The molecular weight excluding hydrogens is 221 g/mol. The third kappa shape index (κ3) is 2.31. The first-order valence-electron chi connectivity index (χ1n) is 4.22. The molecule has 0 aliphatic rings. The number of hydrogen-bond acceptors (Lipinski definition) is 2. The molecule has 0 unspecified atom stereocenters. The zero-order chi connectivity index (χ0) is 10.6. The molecule has 1 heterocycles. The van der Waals surface area contributed by atoms with Crippen LogP contribution in [0.25, 0.3) is 5.03 Å². The maximum absolute atomic E-state index is 8.85. The van der Waals surface area contributed by atoms with E-state index >= 15 is 0 Å². The molecule has 0 spiro atoms. The van der Waals surface area contributed by atoms with Crippen LogP contribution in [0.1, 0.15) is 25.3 Å². The monoisotopic (exact) mass is 229 g/mol. The van der Waals surface area contributed by atoms with E-state index in [2.05, 4.69) is 6.07 Å². The van der Waals surface area contributed by atoms with Crippen LogP contribution >= 0.6 is 23.2 Å². The standard InChI is InChI=1S/C10H9Cl2NO/c1-2-3-7(6-13)9(11)8-4-5-14-10(8)12/h4-5H,2-3H2,1H3/b9-7-. The van der Waals surface area contributed by atoms with E-state index in [1.54, 1.807) is 6.07 Å². The average molecular weight is 230 g/mol. The fourth-order valence-corrected chi connectivity index (χ4v) is 1.62. The molecule has 0 aromatic carbocycles. The van der Waals surface area contributed by atoms with Gasteiger partial charge in [-0.2, -0.15) is 5.26 Å². The highest BCUT2D eigenvalue weighted by Crippen LogP contribution is 2.31. The van der Waals surface area contributed by atoms with Crippen LogP contribution in [0, 0.1) is 11.3 Å². The molecule has 0 saturated carbocycles. The number of furan rings is 1. The summed E-state index contributed by atoms with van der Waals surface area (Å²) in [5.41, 5.74) is 1.12. The lowest BCUT2D eigenvalue weighted by molar-refractivity contribution is 0.569. The van der Waals surface area contributed by atoms with Crippen molar-refractivity contribution < 1.29 is 4.42 Å². The fourth-order valence-electron chi connectivity index (χ4n) is 1.08. The van der Waals surface area contributed by atoms with E-state index in [0.717, 1.165) is 6.42 Å². The van der Waals surface area contributed by atoms with E-state index < -0.39 is 0 Å². The Bertz CT molecular complexity index is 387. The lowest BCUT2D eigenvalue weighted by Crippen LogP contribution is -1.83. The number of nitrogens with zero attached hydrogens (tertiary/aromatic N) is 1. The van der Waals surface area contributed by atoms with Crippen molar-refractivity contribution in [2.24, 2.45) is 0 Å². The van der Waals surface area contributed by atoms with Crippen molar-refractivity contribution in [2.45, 2.75) is 19.8 Å². The summed E-state index contributed by atoms with van der Waals surface area (Å²) < 4.78 is 4.90. The van der Waals surface area contributed by atoms with Crippen LogP contribution < -0.4 is 0 Å². The summed E-state index contributed by atoms with van der Waals surface area (Å²) in [4.78, 5) is 0. The van der Waals surface area contributed by atoms with Gasteiger partial charge in [-0.15, -0.1) is 0 Å². The molecule has 4 heteroatoms. The maximum atomic E-state index is 8.85. The molecule has 1 aromatic heterocycles. The molecule has 14 heavy (non-hydrogen) atoms. The predicted molar refractivity (Wildman–Crippen MR) is 57.0 cm³/mol. The molecule has 1 rings (SSSR count). The molecule has 0 aliphatic carbocycles. The summed E-state index contributed by atoms with van der Waals surface area (Å²) in [5, 5.41) is 9.45. The normalized spacial score (nSPS) is 12.1. The molecule has 0 aliphatic heterocycles. The number of hydrogen-bond donors (Lipinski definition) is 0. The van der Waals surface area contributed by atoms with Gasteiger partial charge in [-0.1, -0.05) is 24.9 Å². The first-order valence-corrected chi connectivity index (χ1v) is 4.98. The molecular formula is C10H9Cl2NO. The van der Waals surface area contributed by atoms with Gasteiger partial charge in [0.25, 0.3) is 0 Å². The molecule has 0 N–H and O–H groups in total. The molecule has 0 saturated heterocycles. The predicted octanol–water partition coefficient (Wildman–Crippen LogP) is 4.21. The van der Waals surface area contributed by atoms with E-state index in [9.17, 15) is 0 Å². The largest absolute Gasteiger partial charge is 0.452 e. The van der Waals surface area contributed by atoms with Crippen LogP contribution in [0.15, 0.2) is 22.3 Å². The Hall–Kier alpha value is -0.910. The van der Waals surface area contributed by atoms with Gasteiger partial charge in [0.15, 0.2) is 0 Å². The van der Waals surface area contributed by atoms with E-state index in [1.807, 2.05) is 6.92 Å². The second kappa shape index (κ2) is 5.09. The Kier molecular flexibility index (Phi) is 4.06. The third-order valence-electron chi connectivity index (χ3n) is 1.75. The van der Waals surface area contributed by atoms with Crippen molar-refractivity contribution in [2.75, 3.05) is 0 Å². The Morgan fingerprint density at radius 2 is 2.36 bits per heavy atom. The van der Waals surface area contributed by atoms with Gasteiger partial charge in [0.05, 0.1) is 22.9 Å². The van der Waals surface area contributed by atoms with Crippen LogP contribution in [0.3, 0.4) is 0 Å². The summed E-state index contributed by atoms with van der Waals surface area (Å²) in [7, 11) is 0. The van der Waals surface area contributed by atoms with Crippen molar-refractivity contribution in [1.82, 2.24) is 0 Å². The van der Waals surface area contributed by atoms with Crippen molar-refractivity contribution in [3.63, 3.8) is 0 Å². The molecule has 0 fully saturated rings. The molecule has 74 valence electrons. The van der Waals surface area contributed by atoms with Gasteiger partial charge in [0.2, 0.25) is 5.22 Å². The van der Waals surface area contributed by atoms with E-state index in [4.69, 9.17) is 32.9 Å². The van der Waals surface area contributed by atoms with Gasteiger partial charge in [-0.3, -0.25) is 0 Å². The highest BCUT2D eigenvalue weighted by atomic mass is 35.5. The summed E-state index contributed by atoms with van der Waals surface area (Å²) >= 11 is 11.8. The smallest absolute Gasteiger partial charge is 0.201 e. The summed E-state index contributed by atoms with van der Waals surface area (Å²) in [5.74, 6) is 0. The van der Waals surface area contributed by atoms with Gasteiger partial charge >= 0.3 is 0 Å². The number of rotatable bonds is 3. The second-order valence-electron chi connectivity index (χ2n) is 2.76. The van der Waals surface area contributed by atoms with Crippen LogP contribution in [0.4, 0.5) is 0 Å². The zero-order valence-electron chi connectivity index (χ0n) is 7.68. The van der Waals surface area contributed by atoms with E-state index in [0.29, 0.717) is 22.6 Å². The minimum absolute atomic E-state index is 0.221. The second-order valence-corrected chi connectivity index (χ2v) is 3.48. The van der Waals surface area contributed by atoms with Crippen molar-refractivity contribution in [3.05, 3.63) is 28.7 Å². The Morgan fingerprint density at radius 3 is 2.79 bits per heavy atom. The lowest BCUT2D eigenvalue weighted by atomic mass is 10.1. The molecule has 0 bridgehead atoms. The highest BCUT2D eigenvalue weighted by molar-refractivity contribution is 6.51. The quantitative estimate of drug-likeness (QED) is 0.729. The lowest BCUT2D eigenvalue weighted by Gasteiger charge is -1.99. The summed E-state index contributed by atoms with van der Waals surface area (Å²) in [6, 6.07) is 3.72. The Morgan fingerprint density at radius 1 is 1.64 bits per heavy atom. The molecule has 0 radical (unpaired) electrons. The minimum atomic E-state index is 0.221. The number of halogens is 2. The molecule has 0 amide bonds. The van der Waals surface area contributed by atoms with Gasteiger partial charge < -0.3 is 4.42 Å². The van der Waals surface area contributed by atoms with Gasteiger partial charge in [-0.25, -0.2) is 0 Å². The van der Waals surface area contributed by atoms with Crippen molar-refractivity contribution >= 4 is 28.2 Å². The van der Waals surface area contributed by atoms with E-state index in [-0.39, 0.29) is 5.22 Å². The Labute approximate surface area is 92.7 Å².